The van der Waals surface area contributed by atoms with Crippen molar-refractivity contribution in [3.05, 3.63) is 59.7 Å². The molecular weight excluding hydrogens is 292 g/mol. The van der Waals surface area contributed by atoms with E-state index in [1.54, 1.807) is 7.11 Å². The molecule has 0 bridgehead atoms. The monoisotopic (exact) mass is 314 g/mol. The van der Waals surface area contributed by atoms with Gasteiger partial charge >= 0.3 is 5.97 Å². The Bertz CT molecular complexity index is 623. The first-order valence-electron chi connectivity index (χ1n) is 7.63. The van der Waals surface area contributed by atoms with E-state index < -0.39 is 0 Å². The van der Waals surface area contributed by atoms with Crippen LogP contribution in [0.5, 0.6) is 11.5 Å². The van der Waals surface area contributed by atoms with Crippen molar-refractivity contribution in [1.82, 2.24) is 0 Å². The van der Waals surface area contributed by atoms with Gasteiger partial charge in [-0.2, -0.15) is 0 Å². The molecule has 0 amide bonds. The maximum Gasteiger partial charge on any atom is 0.305 e. The summed E-state index contributed by atoms with van der Waals surface area (Å²) in [5.74, 6) is 1.24. The number of methoxy groups -OCH3 is 2. The Morgan fingerprint density at radius 3 is 2.43 bits per heavy atom. The summed E-state index contributed by atoms with van der Waals surface area (Å²) in [6.07, 6.45) is 1.96. The van der Waals surface area contributed by atoms with Crippen LogP contribution in [0.4, 0.5) is 0 Å². The highest BCUT2D eigenvalue weighted by atomic mass is 16.5. The summed E-state index contributed by atoms with van der Waals surface area (Å²) < 4.78 is 15.9. The highest BCUT2D eigenvalue weighted by Crippen LogP contribution is 2.29. The molecule has 23 heavy (non-hydrogen) atoms. The molecule has 0 aliphatic rings. The molecule has 0 N–H and O–H groups in total. The topological polar surface area (TPSA) is 44.8 Å². The third-order valence-electron chi connectivity index (χ3n) is 3.54. The summed E-state index contributed by atoms with van der Waals surface area (Å²) >= 11 is 0. The maximum atomic E-state index is 11.2. The van der Waals surface area contributed by atoms with Crippen LogP contribution < -0.4 is 9.47 Å². The van der Waals surface area contributed by atoms with Crippen molar-refractivity contribution in [3.8, 4) is 11.5 Å². The van der Waals surface area contributed by atoms with Crippen LogP contribution in [-0.4, -0.2) is 20.2 Å². The zero-order valence-corrected chi connectivity index (χ0v) is 13.6. The van der Waals surface area contributed by atoms with Crippen LogP contribution in [0.15, 0.2) is 48.5 Å². The third kappa shape index (κ3) is 5.33. The highest BCUT2D eigenvalue weighted by molar-refractivity contribution is 5.69. The van der Waals surface area contributed by atoms with Crippen molar-refractivity contribution in [2.45, 2.75) is 25.9 Å². The van der Waals surface area contributed by atoms with Crippen molar-refractivity contribution < 1.29 is 19.0 Å². The number of esters is 1. The van der Waals surface area contributed by atoms with Crippen LogP contribution in [0.25, 0.3) is 0 Å². The lowest BCUT2D eigenvalue weighted by molar-refractivity contribution is -0.140. The quantitative estimate of drug-likeness (QED) is 0.696. The fourth-order valence-corrected chi connectivity index (χ4v) is 2.26. The lowest BCUT2D eigenvalue weighted by Crippen LogP contribution is -2.01. The van der Waals surface area contributed by atoms with Gasteiger partial charge in [-0.3, -0.25) is 4.79 Å². The standard InChI is InChI=1S/C19H22O4/c1-21-17-12-11-15(9-6-10-19(20)22-2)13-18(17)23-14-16-7-4-3-5-8-16/h3-5,7-8,11-13H,6,9-10,14H2,1-2H3. The Morgan fingerprint density at radius 1 is 0.957 bits per heavy atom. The minimum absolute atomic E-state index is 0.181. The first-order chi connectivity index (χ1) is 11.2. The van der Waals surface area contributed by atoms with E-state index in [1.165, 1.54) is 7.11 Å². The van der Waals surface area contributed by atoms with Crippen LogP contribution in [0.2, 0.25) is 0 Å². The molecule has 122 valence electrons. The Labute approximate surface area is 137 Å². The minimum Gasteiger partial charge on any atom is -0.493 e. The van der Waals surface area contributed by atoms with Crippen molar-refractivity contribution >= 4 is 5.97 Å². The SMILES string of the molecule is COC(=O)CCCc1ccc(OC)c(OCc2ccccc2)c1. The van der Waals surface area contributed by atoms with E-state index in [9.17, 15) is 4.79 Å². The van der Waals surface area contributed by atoms with Gasteiger partial charge < -0.3 is 14.2 Å². The second-order valence-corrected chi connectivity index (χ2v) is 5.19. The molecular formula is C19H22O4. The van der Waals surface area contributed by atoms with Gasteiger partial charge in [0.1, 0.15) is 6.61 Å². The van der Waals surface area contributed by atoms with Gasteiger partial charge in [-0.25, -0.2) is 0 Å². The largest absolute Gasteiger partial charge is 0.493 e. The Balaban J connectivity index is 1.99. The van der Waals surface area contributed by atoms with E-state index in [-0.39, 0.29) is 5.97 Å². The average molecular weight is 314 g/mol. The molecule has 0 aliphatic carbocycles. The zero-order chi connectivity index (χ0) is 16.5. The number of ether oxygens (including phenoxy) is 3. The number of aryl methyl sites for hydroxylation is 1. The third-order valence-corrected chi connectivity index (χ3v) is 3.54. The predicted octanol–water partition coefficient (Wildman–Crippen LogP) is 3.77. The first-order valence-corrected chi connectivity index (χ1v) is 7.63. The molecule has 0 aromatic heterocycles. The van der Waals surface area contributed by atoms with Gasteiger partial charge in [-0.1, -0.05) is 36.4 Å². The van der Waals surface area contributed by atoms with Crippen LogP contribution in [0, 0.1) is 0 Å². The molecule has 0 radical (unpaired) electrons. The van der Waals surface area contributed by atoms with Crippen LogP contribution in [0.3, 0.4) is 0 Å². The molecule has 0 saturated heterocycles. The molecule has 0 unspecified atom stereocenters. The second-order valence-electron chi connectivity index (χ2n) is 5.19. The Kier molecular flexibility index (Phi) is 6.48. The van der Waals surface area contributed by atoms with Crippen molar-refractivity contribution in [2.75, 3.05) is 14.2 Å². The first kappa shape index (κ1) is 16.9. The minimum atomic E-state index is -0.181. The lowest BCUT2D eigenvalue weighted by atomic mass is 10.1. The average Bonchev–Trinajstić information content (AvgIpc) is 2.60. The van der Waals surface area contributed by atoms with Gasteiger partial charge in [-0.05, 0) is 36.1 Å². The van der Waals surface area contributed by atoms with E-state index in [4.69, 9.17) is 9.47 Å². The fraction of sp³-hybridized carbons (Fsp3) is 0.316. The molecule has 4 nitrogen and oxygen atoms in total. The second kappa shape index (κ2) is 8.83. The van der Waals surface area contributed by atoms with Gasteiger partial charge in [0.2, 0.25) is 0 Å². The van der Waals surface area contributed by atoms with Crippen molar-refractivity contribution in [2.24, 2.45) is 0 Å². The van der Waals surface area contributed by atoms with Crippen LogP contribution >= 0.6 is 0 Å². The van der Waals surface area contributed by atoms with E-state index in [2.05, 4.69) is 4.74 Å². The summed E-state index contributed by atoms with van der Waals surface area (Å²) in [6.45, 7) is 0.489. The van der Waals surface area contributed by atoms with Gasteiger partial charge in [0, 0.05) is 6.42 Å². The molecule has 2 aromatic carbocycles. The molecule has 2 rings (SSSR count). The van der Waals surface area contributed by atoms with Crippen LogP contribution in [-0.2, 0) is 22.6 Å². The number of carbonyl (C=O) groups is 1. The molecule has 0 heterocycles. The molecule has 0 saturated carbocycles. The van der Waals surface area contributed by atoms with Crippen molar-refractivity contribution in [3.63, 3.8) is 0 Å². The highest BCUT2D eigenvalue weighted by Gasteiger charge is 2.07. The molecule has 2 aromatic rings. The molecule has 4 heteroatoms. The fourth-order valence-electron chi connectivity index (χ4n) is 2.26. The summed E-state index contributed by atoms with van der Waals surface area (Å²) in [6, 6.07) is 15.8. The summed E-state index contributed by atoms with van der Waals surface area (Å²) in [5, 5.41) is 0. The number of rotatable bonds is 8. The Morgan fingerprint density at radius 2 is 1.74 bits per heavy atom. The van der Waals surface area contributed by atoms with Gasteiger partial charge in [-0.15, -0.1) is 0 Å². The van der Waals surface area contributed by atoms with Gasteiger partial charge in [0.25, 0.3) is 0 Å². The van der Waals surface area contributed by atoms with E-state index >= 15 is 0 Å². The number of hydrogen-bond acceptors (Lipinski definition) is 4. The van der Waals surface area contributed by atoms with Gasteiger partial charge in [0.15, 0.2) is 11.5 Å². The summed E-state index contributed by atoms with van der Waals surface area (Å²) in [5.41, 5.74) is 2.21. The zero-order valence-electron chi connectivity index (χ0n) is 13.6. The normalized spacial score (nSPS) is 10.2. The van der Waals surface area contributed by atoms with Gasteiger partial charge in [0.05, 0.1) is 14.2 Å². The number of carbonyl (C=O) groups excluding carboxylic acids is 1. The molecule has 0 aliphatic heterocycles. The van der Waals surface area contributed by atoms with E-state index in [0.29, 0.717) is 24.5 Å². The van der Waals surface area contributed by atoms with Crippen molar-refractivity contribution in [1.29, 1.82) is 0 Å². The van der Waals surface area contributed by atoms with E-state index in [1.807, 2.05) is 48.5 Å². The maximum absolute atomic E-state index is 11.2. The lowest BCUT2D eigenvalue weighted by Gasteiger charge is -2.12. The molecule has 0 fully saturated rings. The predicted molar refractivity (Wildman–Crippen MR) is 88.7 cm³/mol. The van der Waals surface area contributed by atoms with Crippen LogP contribution in [0.1, 0.15) is 24.0 Å². The molecule has 0 spiro atoms. The Hall–Kier alpha value is -2.49. The smallest absolute Gasteiger partial charge is 0.305 e. The number of hydrogen-bond donors (Lipinski definition) is 0. The summed E-state index contributed by atoms with van der Waals surface area (Å²) in [7, 11) is 3.03. The summed E-state index contributed by atoms with van der Waals surface area (Å²) in [4.78, 5) is 11.2. The van der Waals surface area contributed by atoms with E-state index in [0.717, 1.165) is 24.0 Å². The molecule has 0 atom stereocenters. The number of benzene rings is 2.